The van der Waals surface area contributed by atoms with E-state index in [0.29, 0.717) is 11.5 Å². The second kappa shape index (κ2) is 6.69. The quantitative estimate of drug-likeness (QED) is 0.600. The van der Waals surface area contributed by atoms with E-state index in [1.807, 2.05) is 32.1 Å². The average Bonchev–Trinajstić information content (AvgIpc) is 2.77. The molecule has 1 aromatic rings. The molecule has 0 saturated heterocycles. The van der Waals surface area contributed by atoms with E-state index in [-0.39, 0.29) is 18.1 Å². The smallest absolute Gasteiger partial charge is 0.202 e. The van der Waals surface area contributed by atoms with E-state index < -0.39 is 0 Å². The van der Waals surface area contributed by atoms with Gasteiger partial charge >= 0.3 is 0 Å². The Bertz CT molecular complexity index is 559. The molecule has 0 radical (unpaired) electrons. The number of ketones is 1. The van der Waals surface area contributed by atoms with Crippen LogP contribution >= 0.6 is 0 Å². The van der Waals surface area contributed by atoms with Gasteiger partial charge in [-0.3, -0.25) is 9.79 Å². The van der Waals surface area contributed by atoms with Crippen molar-refractivity contribution < 1.29 is 9.21 Å². The second-order valence-electron chi connectivity index (χ2n) is 4.38. The van der Waals surface area contributed by atoms with Crippen molar-refractivity contribution in [3.63, 3.8) is 0 Å². The van der Waals surface area contributed by atoms with Crippen LogP contribution in [0.4, 0.5) is 0 Å². The molecule has 0 amide bonds. The van der Waals surface area contributed by atoms with Gasteiger partial charge in [-0.15, -0.1) is 0 Å². The van der Waals surface area contributed by atoms with Gasteiger partial charge in [0.1, 0.15) is 5.76 Å². The number of hydrogen-bond acceptors (Lipinski definition) is 4. The van der Waals surface area contributed by atoms with Crippen LogP contribution in [-0.4, -0.2) is 19.0 Å². The lowest BCUT2D eigenvalue weighted by Crippen LogP contribution is -2.10. The van der Waals surface area contributed by atoms with Crippen LogP contribution in [0.3, 0.4) is 0 Å². The van der Waals surface area contributed by atoms with Crippen LogP contribution in [0.15, 0.2) is 21.6 Å². The zero-order chi connectivity index (χ0) is 14.4. The monoisotopic (exact) mass is 258 g/mol. The molecular formula is C15H18N2O2. The fraction of sp³-hybridized carbons (Fsp3) is 0.400. The highest BCUT2D eigenvalue weighted by Gasteiger charge is 2.22. The van der Waals surface area contributed by atoms with Gasteiger partial charge in [-0.25, -0.2) is 0 Å². The van der Waals surface area contributed by atoms with Crippen molar-refractivity contribution in [1.29, 1.82) is 5.26 Å². The van der Waals surface area contributed by atoms with Gasteiger partial charge in [0.25, 0.3) is 0 Å². The van der Waals surface area contributed by atoms with Gasteiger partial charge < -0.3 is 4.42 Å². The van der Waals surface area contributed by atoms with Crippen molar-refractivity contribution in [2.75, 3.05) is 7.05 Å². The first-order valence-corrected chi connectivity index (χ1v) is 6.15. The molecule has 1 rings (SSSR count). The first-order chi connectivity index (χ1) is 9.04. The minimum absolute atomic E-state index is 0.130. The van der Waals surface area contributed by atoms with E-state index in [2.05, 4.69) is 4.99 Å². The summed E-state index contributed by atoms with van der Waals surface area (Å²) in [6.07, 6.45) is 3.75. The molecule has 19 heavy (non-hydrogen) atoms. The lowest BCUT2D eigenvalue weighted by molar-refractivity contribution is 0.0902. The lowest BCUT2D eigenvalue weighted by Gasteiger charge is -2.03. The Morgan fingerprint density at radius 1 is 1.63 bits per heavy atom. The molecule has 0 N–H and O–H groups in total. The fourth-order valence-electron chi connectivity index (χ4n) is 1.74. The normalized spacial score (nSPS) is 13.5. The van der Waals surface area contributed by atoms with Crippen LogP contribution in [0, 0.1) is 24.2 Å². The summed E-state index contributed by atoms with van der Waals surface area (Å²) in [6, 6.07) is 3.83. The summed E-state index contributed by atoms with van der Waals surface area (Å²) in [5, 5.41) is 8.64. The van der Waals surface area contributed by atoms with Crippen LogP contribution in [-0.2, 0) is 0 Å². The molecule has 1 aromatic heterocycles. The Hall–Kier alpha value is -2.15. The number of aliphatic imine (C=N–C) groups is 1. The van der Waals surface area contributed by atoms with Gasteiger partial charge in [-0.1, -0.05) is 13.0 Å². The highest BCUT2D eigenvalue weighted by Crippen LogP contribution is 2.24. The number of hydrogen-bond donors (Lipinski definition) is 0. The molecule has 1 atom stereocenters. The number of carbonyl (C=O) groups excluding carboxylic acids is 1. The zero-order valence-electron chi connectivity index (χ0n) is 11.7. The van der Waals surface area contributed by atoms with Crippen LogP contribution < -0.4 is 0 Å². The van der Waals surface area contributed by atoms with Gasteiger partial charge in [0.2, 0.25) is 5.78 Å². The van der Waals surface area contributed by atoms with Gasteiger partial charge in [0.15, 0.2) is 5.76 Å². The van der Waals surface area contributed by atoms with Crippen molar-refractivity contribution in [3.8, 4) is 6.07 Å². The molecule has 0 aromatic carbocycles. The van der Waals surface area contributed by atoms with Crippen molar-refractivity contribution in [1.82, 2.24) is 0 Å². The number of aryl methyl sites for hydroxylation is 1. The predicted octanol–water partition coefficient (Wildman–Crippen LogP) is 3.42. The summed E-state index contributed by atoms with van der Waals surface area (Å²) in [5.74, 6) is 0.477. The Morgan fingerprint density at radius 3 is 2.84 bits per heavy atom. The summed E-state index contributed by atoms with van der Waals surface area (Å²) in [4.78, 5) is 16.1. The van der Waals surface area contributed by atoms with Crippen molar-refractivity contribution in [3.05, 3.63) is 29.2 Å². The molecule has 0 fully saturated rings. The van der Waals surface area contributed by atoms with E-state index in [0.717, 1.165) is 11.1 Å². The van der Waals surface area contributed by atoms with Gasteiger partial charge in [0, 0.05) is 31.2 Å². The number of nitriles is 1. The Balaban J connectivity index is 3.10. The molecule has 4 heteroatoms. The fourth-order valence-corrected chi connectivity index (χ4v) is 1.74. The molecule has 0 aliphatic carbocycles. The van der Waals surface area contributed by atoms with Gasteiger partial charge in [0.05, 0.1) is 6.07 Å². The highest BCUT2D eigenvalue weighted by atomic mass is 16.3. The van der Waals surface area contributed by atoms with E-state index in [4.69, 9.17) is 9.68 Å². The molecule has 0 spiro atoms. The van der Waals surface area contributed by atoms with Gasteiger partial charge in [-0.2, -0.15) is 5.26 Å². The molecular weight excluding hydrogens is 240 g/mol. The number of rotatable bonds is 5. The third-order valence-electron chi connectivity index (χ3n) is 2.85. The number of carbonyl (C=O) groups is 1. The standard InChI is InChI=1S/C15H18N2O2/c1-5-12(9-17-4)13-8-11(3)15(19-13)14(18)10(2)6-7-16/h5,8-10H,6H2,1-4H3/b12-5+,17-9?. The van der Waals surface area contributed by atoms with E-state index >= 15 is 0 Å². The van der Waals surface area contributed by atoms with Crippen molar-refractivity contribution >= 4 is 17.6 Å². The van der Waals surface area contributed by atoms with E-state index in [1.165, 1.54) is 0 Å². The Kier molecular flexibility index (Phi) is 5.25. The summed E-state index contributed by atoms with van der Waals surface area (Å²) in [7, 11) is 1.68. The summed E-state index contributed by atoms with van der Waals surface area (Å²) < 4.78 is 5.63. The van der Waals surface area contributed by atoms with Crippen LogP contribution in [0.2, 0.25) is 0 Å². The molecule has 1 unspecified atom stereocenters. The summed E-state index contributed by atoms with van der Waals surface area (Å²) >= 11 is 0. The van der Waals surface area contributed by atoms with E-state index in [1.54, 1.807) is 20.2 Å². The third-order valence-corrected chi connectivity index (χ3v) is 2.85. The van der Waals surface area contributed by atoms with Crippen LogP contribution in [0.5, 0.6) is 0 Å². The molecule has 0 aliphatic heterocycles. The number of allylic oxidation sites excluding steroid dienone is 2. The molecule has 0 saturated carbocycles. The molecule has 1 heterocycles. The second-order valence-corrected chi connectivity index (χ2v) is 4.38. The molecule has 0 aliphatic rings. The lowest BCUT2D eigenvalue weighted by atomic mass is 10.00. The number of nitrogens with zero attached hydrogens (tertiary/aromatic N) is 2. The zero-order valence-corrected chi connectivity index (χ0v) is 11.7. The maximum absolute atomic E-state index is 12.1. The van der Waals surface area contributed by atoms with Crippen molar-refractivity contribution in [2.24, 2.45) is 10.9 Å². The van der Waals surface area contributed by atoms with E-state index in [9.17, 15) is 4.79 Å². The average molecular weight is 258 g/mol. The minimum atomic E-state index is -0.350. The molecule has 4 nitrogen and oxygen atoms in total. The molecule has 0 bridgehead atoms. The Labute approximate surface area is 113 Å². The predicted molar refractivity (Wildman–Crippen MR) is 75.2 cm³/mol. The van der Waals surface area contributed by atoms with Crippen LogP contribution in [0.1, 0.15) is 42.1 Å². The number of furan rings is 1. The molecule has 100 valence electrons. The maximum Gasteiger partial charge on any atom is 0.202 e. The summed E-state index contributed by atoms with van der Waals surface area (Å²) in [5.41, 5.74) is 1.62. The van der Waals surface area contributed by atoms with Gasteiger partial charge in [-0.05, 0) is 25.5 Å². The first-order valence-electron chi connectivity index (χ1n) is 6.15. The third kappa shape index (κ3) is 3.41. The minimum Gasteiger partial charge on any atom is -0.453 e. The topological polar surface area (TPSA) is 66.4 Å². The first kappa shape index (κ1) is 14.9. The maximum atomic E-state index is 12.1. The highest BCUT2D eigenvalue weighted by molar-refractivity contribution is 6.09. The SMILES string of the molecule is C/C=C(\C=NC)c1cc(C)c(C(=O)C(C)CC#N)o1. The Morgan fingerprint density at radius 2 is 2.32 bits per heavy atom. The number of Topliss-reactive ketones (excluding diaryl/α,β-unsaturated/α-hetero) is 1. The van der Waals surface area contributed by atoms with Crippen molar-refractivity contribution in [2.45, 2.75) is 27.2 Å². The summed E-state index contributed by atoms with van der Waals surface area (Å²) in [6.45, 7) is 5.45. The van der Waals surface area contributed by atoms with Crippen LogP contribution in [0.25, 0.3) is 5.57 Å². The largest absolute Gasteiger partial charge is 0.453 e.